The van der Waals surface area contributed by atoms with E-state index in [0.29, 0.717) is 12.3 Å². The second kappa shape index (κ2) is 9.90. The van der Waals surface area contributed by atoms with Crippen molar-refractivity contribution in [2.24, 2.45) is 0 Å². The van der Waals surface area contributed by atoms with Gasteiger partial charge in [-0.1, -0.05) is 6.08 Å². The largest absolute Gasteiger partial charge is 0.465 e. The van der Waals surface area contributed by atoms with Crippen molar-refractivity contribution in [2.45, 2.75) is 23.8 Å². The summed E-state index contributed by atoms with van der Waals surface area (Å²) in [5.74, 6) is -1.45. The molecule has 0 saturated carbocycles. The van der Waals surface area contributed by atoms with Crippen LogP contribution in [0.3, 0.4) is 0 Å². The standard InChI is InChI=1S/C21H24N2O7S/c1-28-20(24)18-7-3-4-12-23(19(18)21(25)29-2)15-8-10-17(11-9-15)31(26,27)22-14-16-6-5-13-30-16/h3-4,7-12,16,22H,5-6,13-14H2,1-2H3. The van der Waals surface area contributed by atoms with E-state index in [2.05, 4.69) is 4.72 Å². The quantitative estimate of drug-likeness (QED) is 0.627. The number of allylic oxidation sites excluding steroid dienone is 2. The highest BCUT2D eigenvalue weighted by atomic mass is 32.2. The molecule has 1 aromatic rings. The molecule has 2 heterocycles. The molecule has 0 bridgehead atoms. The zero-order valence-electron chi connectivity index (χ0n) is 17.2. The van der Waals surface area contributed by atoms with Crippen LogP contribution in [0.25, 0.3) is 0 Å². The van der Waals surface area contributed by atoms with E-state index in [1.54, 1.807) is 18.4 Å². The van der Waals surface area contributed by atoms with Crippen LogP contribution in [-0.4, -0.2) is 53.8 Å². The maximum absolute atomic E-state index is 12.6. The summed E-state index contributed by atoms with van der Waals surface area (Å²) in [7, 11) is -1.30. The number of benzene rings is 1. The van der Waals surface area contributed by atoms with Crippen molar-refractivity contribution >= 4 is 27.6 Å². The van der Waals surface area contributed by atoms with Crippen LogP contribution >= 0.6 is 0 Å². The fraction of sp³-hybridized carbons (Fsp3) is 0.333. The van der Waals surface area contributed by atoms with E-state index < -0.39 is 22.0 Å². The molecule has 1 aromatic carbocycles. The molecule has 3 rings (SSSR count). The van der Waals surface area contributed by atoms with Gasteiger partial charge in [0.2, 0.25) is 10.0 Å². The lowest BCUT2D eigenvalue weighted by Crippen LogP contribution is -2.31. The summed E-state index contributed by atoms with van der Waals surface area (Å²) in [5, 5.41) is 0. The SMILES string of the molecule is COC(=O)C1=C(C(=O)OC)N(c2ccc(S(=O)(=O)NCC3CCCO3)cc2)C=CC=C1. The molecule has 0 aliphatic carbocycles. The normalized spacial score (nSPS) is 18.8. The van der Waals surface area contributed by atoms with Crippen LogP contribution in [0.1, 0.15) is 12.8 Å². The van der Waals surface area contributed by atoms with E-state index >= 15 is 0 Å². The van der Waals surface area contributed by atoms with E-state index in [-0.39, 0.29) is 28.8 Å². The second-order valence-corrected chi connectivity index (χ2v) is 8.56. The Bertz CT molecular complexity index is 1020. The van der Waals surface area contributed by atoms with Crippen LogP contribution in [0.4, 0.5) is 5.69 Å². The second-order valence-electron chi connectivity index (χ2n) is 6.80. The molecule has 1 saturated heterocycles. The minimum absolute atomic E-state index is 0.00859. The van der Waals surface area contributed by atoms with Crippen molar-refractivity contribution in [3.05, 3.63) is 60.0 Å². The number of carbonyl (C=O) groups is 2. The molecule has 1 fully saturated rings. The summed E-state index contributed by atoms with van der Waals surface area (Å²) in [5.41, 5.74) is 0.417. The summed E-state index contributed by atoms with van der Waals surface area (Å²) in [6, 6.07) is 5.92. The maximum atomic E-state index is 12.6. The third-order valence-electron chi connectivity index (χ3n) is 4.84. The highest BCUT2D eigenvalue weighted by Gasteiger charge is 2.28. The van der Waals surface area contributed by atoms with Crippen molar-refractivity contribution in [1.29, 1.82) is 0 Å². The average molecular weight is 448 g/mol. The van der Waals surface area contributed by atoms with Crippen molar-refractivity contribution in [3.8, 4) is 0 Å². The Hall–Kier alpha value is -2.95. The molecule has 1 atom stereocenters. The van der Waals surface area contributed by atoms with E-state index in [9.17, 15) is 18.0 Å². The molecule has 0 radical (unpaired) electrons. The molecule has 0 aromatic heterocycles. The number of methoxy groups -OCH3 is 2. The summed E-state index contributed by atoms with van der Waals surface area (Å²) < 4.78 is 42.8. The minimum atomic E-state index is -3.72. The highest BCUT2D eigenvalue weighted by molar-refractivity contribution is 7.89. The molecule has 0 spiro atoms. The molecule has 166 valence electrons. The predicted molar refractivity (Wildman–Crippen MR) is 112 cm³/mol. The fourth-order valence-corrected chi connectivity index (χ4v) is 4.31. The lowest BCUT2D eigenvalue weighted by Gasteiger charge is -2.23. The maximum Gasteiger partial charge on any atom is 0.355 e. The van der Waals surface area contributed by atoms with Gasteiger partial charge in [-0.25, -0.2) is 22.7 Å². The number of nitrogens with one attached hydrogen (secondary N) is 1. The monoisotopic (exact) mass is 448 g/mol. The van der Waals surface area contributed by atoms with E-state index in [1.807, 2.05) is 0 Å². The predicted octanol–water partition coefficient (Wildman–Crippen LogP) is 1.63. The van der Waals surface area contributed by atoms with Crippen LogP contribution in [0.5, 0.6) is 0 Å². The molecular weight excluding hydrogens is 424 g/mol. The van der Waals surface area contributed by atoms with Crippen LogP contribution in [0.2, 0.25) is 0 Å². The molecule has 10 heteroatoms. The van der Waals surface area contributed by atoms with Crippen LogP contribution in [-0.2, 0) is 33.8 Å². The number of esters is 2. The molecule has 0 amide bonds. The fourth-order valence-electron chi connectivity index (χ4n) is 3.24. The summed E-state index contributed by atoms with van der Waals surface area (Å²) in [4.78, 5) is 26.2. The molecule has 2 aliphatic heterocycles. The Morgan fingerprint density at radius 1 is 1.13 bits per heavy atom. The number of carbonyl (C=O) groups excluding carboxylic acids is 2. The van der Waals surface area contributed by atoms with Gasteiger partial charge in [-0.15, -0.1) is 0 Å². The van der Waals surface area contributed by atoms with Crippen LogP contribution in [0.15, 0.2) is 64.9 Å². The van der Waals surface area contributed by atoms with Crippen LogP contribution in [0, 0.1) is 0 Å². The van der Waals surface area contributed by atoms with Crippen molar-refractivity contribution in [1.82, 2.24) is 4.72 Å². The Labute approximate surface area is 181 Å². The highest BCUT2D eigenvalue weighted by Crippen LogP contribution is 2.27. The average Bonchev–Trinajstić information content (AvgIpc) is 3.21. The number of hydrogen-bond acceptors (Lipinski definition) is 8. The van der Waals surface area contributed by atoms with Gasteiger partial charge in [0.25, 0.3) is 0 Å². The summed E-state index contributed by atoms with van der Waals surface area (Å²) >= 11 is 0. The first-order valence-electron chi connectivity index (χ1n) is 9.63. The van der Waals surface area contributed by atoms with E-state index in [0.717, 1.165) is 12.8 Å². The van der Waals surface area contributed by atoms with Gasteiger partial charge in [-0.05, 0) is 49.3 Å². The number of hydrogen-bond donors (Lipinski definition) is 1. The molecule has 9 nitrogen and oxygen atoms in total. The van der Waals surface area contributed by atoms with Crippen molar-refractivity contribution in [3.63, 3.8) is 0 Å². The van der Waals surface area contributed by atoms with E-state index in [4.69, 9.17) is 14.2 Å². The number of anilines is 1. The Balaban J connectivity index is 1.88. The third-order valence-corrected chi connectivity index (χ3v) is 6.28. The first-order valence-corrected chi connectivity index (χ1v) is 11.1. The number of ether oxygens (including phenoxy) is 3. The number of sulfonamides is 1. The van der Waals surface area contributed by atoms with Gasteiger partial charge in [-0.2, -0.15) is 0 Å². The Morgan fingerprint density at radius 3 is 2.45 bits per heavy atom. The first-order chi connectivity index (χ1) is 14.9. The lowest BCUT2D eigenvalue weighted by molar-refractivity contribution is -0.139. The van der Waals surface area contributed by atoms with Crippen molar-refractivity contribution in [2.75, 3.05) is 32.3 Å². The first kappa shape index (κ1) is 22.7. The molecule has 1 unspecified atom stereocenters. The molecule has 2 aliphatic rings. The lowest BCUT2D eigenvalue weighted by atomic mass is 10.1. The Kier molecular flexibility index (Phi) is 7.26. The van der Waals surface area contributed by atoms with Gasteiger partial charge in [0.15, 0.2) is 0 Å². The van der Waals surface area contributed by atoms with Gasteiger partial charge in [0.1, 0.15) is 5.70 Å². The summed E-state index contributed by atoms with van der Waals surface area (Å²) in [6.07, 6.45) is 7.86. The summed E-state index contributed by atoms with van der Waals surface area (Å²) in [6.45, 7) is 0.852. The third kappa shape index (κ3) is 5.22. The van der Waals surface area contributed by atoms with Gasteiger partial charge in [0, 0.05) is 25.0 Å². The number of nitrogens with zero attached hydrogens (tertiary/aromatic N) is 1. The van der Waals surface area contributed by atoms with Gasteiger partial charge < -0.3 is 19.1 Å². The topological polar surface area (TPSA) is 111 Å². The van der Waals surface area contributed by atoms with Crippen LogP contribution < -0.4 is 9.62 Å². The Morgan fingerprint density at radius 2 is 1.84 bits per heavy atom. The zero-order chi connectivity index (χ0) is 22.4. The molecular formula is C21H24N2O7S. The van der Waals surface area contributed by atoms with E-state index in [1.165, 1.54) is 49.5 Å². The molecule has 1 N–H and O–H groups in total. The zero-order valence-corrected chi connectivity index (χ0v) is 18.1. The number of rotatable bonds is 7. The minimum Gasteiger partial charge on any atom is -0.465 e. The van der Waals surface area contributed by atoms with Gasteiger partial charge >= 0.3 is 11.9 Å². The molecule has 31 heavy (non-hydrogen) atoms. The van der Waals surface area contributed by atoms with Gasteiger partial charge in [-0.3, -0.25) is 0 Å². The van der Waals surface area contributed by atoms with Crippen molar-refractivity contribution < 1.29 is 32.2 Å². The van der Waals surface area contributed by atoms with Gasteiger partial charge in [0.05, 0.1) is 30.8 Å². The smallest absolute Gasteiger partial charge is 0.355 e.